The van der Waals surface area contributed by atoms with Crippen molar-refractivity contribution in [2.45, 2.75) is 44.6 Å². The van der Waals surface area contributed by atoms with Crippen molar-refractivity contribution >= 4 is 21.4 Å². The van der Waals surface area contributed by atoms with Crippen molar-refractivity contribution in [1.82, 2.24) is 9.62 Å². The second-order valence-corrected chi connectivity index (χ2v) is 10.2. The average molecular weight is 423 g/mol. The zero-order valence-corrected chi connectivity index (χ0v) is 18.3. The lowest BCUT2D eigenvalue weighted by Crippen LogP contribution is -2.38. The van der Waals surface area contributed by atoms with E-state index in [2.05, 4.69) is 27.1 Å². The minimum absolute atomic E-state index is 0.309. The van der Waals surface area contributed by atoms with Crippen LogP contribution in [-0.2, 0) is 16.6 Å². The minimum Gasteiger partial charge on any atom is -0.493 e. The molecule has 0 spiro atoms. The highest BCUT2D eigenvalue weighted by atomic mass is 32.2. The number of thiophene rings is 1. The van der Waals surface area contributed by atoms with Gasteiger partial charge in [0.25, 0.3) is 0 Å². The average Bonchev–Trinajstić information content (AvgIpc) is 3.19. The SMILES string of the molecule is CCCOc1ccc(S(=O)(=O)NCC2CCN(Cc3cccs3)CC2)cc1C. The summed E-state index contributed by atoms with van der Waals surface area (Å²) >= 11 is 1.79. The van der Waals surface area contributed by atoms with E-state index in [1.165, 1.54) is 4.88 Å². The fourth-order valence-corrected chi connectivity index (χ4v) is 5.39. The Morgan fingerprint density at radius 2 is 2.04 bits per heavy atom. The van der Waals surface area contributed by atoms with E-state index in [1.807, 2.05) is 13.8 Å². The number of nitrogens with zero attached hydrogens (tertiary/aromatic N) is 1. The van der Waals surface area contributed by atoms with Crippen LogP contribution in [0, 0.1) is 12.8 Å². The molecule has 1 aromatic heterocycles. The Bertz CT molecular complexity index is 843. The molecular formula is C21H30N2O3S2. The van der Waals surface area contributed by atoms with Gasteiger partial charge in [0.1, 0.15) is 5.75 Å². The van der Waals surface area contributed by atoms with Gasteiger partial charge >= 0.3 is 0 Å². The van der Waals surface area contributed by atoms with Crippen LogP contribution in [0.1, 0.15) is 36.6 Å². The molecule has 1 aliphatic heterocycles. The highest BCUT2D eigenvalue weighted by Gasteiger charge is 2.22. The number of hydrogen-bond acceptors (Lipinski definition) is 5. The summed E-state index contributed by atoms with van der Waals surface area (Å²) in [5, 5.41) is 2.11. The van der Waals surface area contributed by atoms with Gasteiger partial charge in [0.05, 0.1) is 11.5 Å². The molecule has 1 aromatic carbocycles. The summed E-state index contributed by atoms with van der Waals surface area (Å²) in [7, 11) is -3.49. The van der Waals surface area contributed by atoms with E-state index in [0.717, 1.165) is 50.2 Å². The van der Waals surface area contributed by atoms with Gasteiger partial charge in [-0.05, 0) is 80.4 Å². The lowest BCUT2D eigenvalue weighted by Gasteiger charge is -2.31. The maximum absolute atomic E-state index is 12.7. The Balaban J connectivity index is 1.49. The first-order chi connectivity index (χ1) is 13.5. The molecular weight excluding hydrogens is 392 g/mol. The number of sulfonamides is 1. The molecule has 3 rings (SSSR count). The molecule has 0 amide bonds. The normalized spacial score (nSPS) is 16.4. The third-order valence-corrected chi connectivity index (χ3v) is 7.43. The second kappa shape index (κ2) is 9.87. The fourth-order valence-electron chi connectivity index (χ4n) is 3.45. The lowest BCUT2D eigenvalue weighted by molar-refractivity contribution is 0.180. The van der Waals surface area contributed by atoms with Crippen LogP contribution in [0.2, 0.25) is 0 Å². The molecule has 0 saturated carbocycles. The lowest BCUT2D eigenvalue weighted by atomic mass is 9.97. The zero-order valence-electron chi connectivity index (χ0n) is 16.7. The Kier molecular flexibility index (Phi) is 7.51. The number of piperidine rings is 1. The maximum atomic E-state index is 12.7. The highest BCUT2D eigenvalue weighted by Crippen LogP contribution is 2.23. The van der Waals surface area contributed by atoms with E-state index in [0.29, 0.717) is 24.0 Å². The summed E-state index contributed by atoms with van der Waals surface area (Å²) in [6.07, 6.45) is 2.97. The van der Waals surface area contributed by atoms with Gasteiger partial charge in [0.15, 0.2) is 0 Å². The Morgan fingerprint density at radius 1 is 1.25 bits per heavy atom. The van der Waals surface area contributed by atoms with Crippen molar-refractivity contribution in [3.8, 4) is 5.75 Å². The predicted molar refractivity (Wildman–Crippen MR) is 114 cm³/mol. The molecule has 28 heavy (non-hydrogen) atoms. The molecule has 2 aromatic rings. The largest absolute Gasteiger partial charge is 0.493 e. The first-order valence-corrected chi connectivity index (χ1v) is 12.3. The molecule has 7 heteroatoms. The summed E-state index contributed by atoms with van der Waals surface area (Å²) in [5.41, 5.74) is 0.846. The topological polar surface area (TPSA) is 58.6 Å². The molecule has 1 fully saturated rings. The Hall–Kier alpha value is -1.41. The summed E-state index contributed by atoms with van der Waals surface area (Å²) in [5.74, 6) is 1.14. The molecule has 5 nitrogen and oxygen atoms in total. The molecule has 0 unspecified atom stereocenters. The molecule has 0 radical (unpaired) electrons. The van der Waals surface area contributed by atoms with Crippen LogP contribution in [0.25, 0.3) is 0 Å². The van der Waals surface area contributed by atoms with Crippen molar-refractivity contribution < 1.29 is 13.2 Å². The first-order valence-electron chi connectivity index (χ1n) is 9.96. The molecule has 1 saturated heterocycles. The van der Waals surface area contributed by atoms with Crippen LogP contribution in [0.15, 0.2) is 40.6 Å². The van der Waals surface area contributed by atoms with Crippen LogP contribution in [0.5, 0.6) is 5.75 Å². The Morgan fingerprint density at radius 3 is 2.68 bits per heavy atom. The van der Waals surface area contributed by atoms with Gasteiger partial charge in [0, 0.05) is 18.0 Å². The van der Waals surface area contributed by atoms with E-state index in [-0.39, 0.29) is 0 Å². The number of ether oxygens (including phenoxy) is 1. The number of nitrogens with one attached hydrogen (secondary N) is 1. The summed E-state index contributed by atoms with van der Waals surface area (Å²) in [6.45, 7) is 8.11. The van der Waals surface area contributed by atoms with E-state index in [9.17, 15) is 8.42 Å². The van der Waals surface area contributed by atoms with Crippen molar-refractivity contribution in [1.29, 1.82) is 0 Å². The van der Waals surface area contributed by atoms with Crippen molar-refractivity contribution in [2.24, 2.45) is 5.92 Å². The van der Waals surface area contributed by atoms with Crippen molar-refractivity contribution in [3.05, 3.63) is 46.2 Å². The minimum atomic E-state index is -3.49. The molecule has 1 N–H and O–H groups in total. The van der Waals surface area contributed by atoms with Gasteiger partial charge in [-0.2, -0.15) is 0 Å². The third-order valence-electron chi connectivity index (χ3n) is 5.15. The van der Waals surface area contributed by atoms with Crippen LogP contribution in [-0.4, -0.2) is 39.6 Å². The van der Waals surface area contributed by atoms with Gasteiger partial charge in [0.2, 0.25) is 10.0 Å². The molecule has 1 aliphatic rings. The van der Waals surface area contributed by atoms with Crippen LogP contribution < -0.4 is 9.46 Å². The van der Waals surface area contributed by atoms with Gasteiger partial charge in [-0.1, -0.05) is 13.0 Å². The summed E-state index contributed by atoms with van der Waals surface area (Å²) in [6, 6.07) is 9.33. The van der Waals surface area contributed by atoms with Crippen LogP contribution >= 0.6 is 11.3 Å². The first kappa shape index (κ1) is 21.3. The number of likely N-dealkylation sites (tertiary alicyclic amines) is 1. The second-order valence-electron chi connectivity index (χ2n) is 7.43. The van der Waals surface area contributed by atoms with Gasteiger partial charge in [-0.25, -0.2) is 13.1 Å². The number of benzene rings is 1. The quantitative estimate of drug-likeness (QED) is 0.663. The molecule has 2 heterocycles. The van der Waals surface area contributed by atoms with Gasteiger partial charge < -0.3 is 4.74 Å². The summed E-state index contributed by atoms with van der Waals surface area (Å²) < 4.78 is 33.8. The van der Waals surface area contributed by atoms with E-state index < -0.39 is 10.0 Å². The van der Waals surface area contributed by atoms with Crippen molar-refractivity contribution in [3.63, 3.8) is 0 Å². The van der Waals surface area contributed by atoms with E-state index in [1.54, 1.807) is 29.5 Å². The molecule has 154 valence electrons. The fraction of sp³-hybridized carbons (Fsp3) is 0.524. The molecule has 0 bridgehead atoms. The van der Waals surface area contributed by atoms with Gasteiger partial charge in [-0.3, -0.25) is 4.90 Å². The van der Waals surface area contributed by atoms with Gasteiger partial charge in [-0.15, -0.1) is 11.3 Å². The monoisotopic (exact) mass is 422 g/mol. The van der Waals surface area contributed by atoms with E-state index >= 15 is 0 Å². The molecule has 0 aliphatic carbocycles. The Labute approximate surface area is 172 Å². The standard InChI is InChI=1S/C21H30N2O3S2/c1-3-12-26-21-7-6-20(14-17(21)2)28(24,25)22-15-18-8-10-23(11-9-18)16-19-5-4-13-27-19/h4-7,13-14,18,22H,3,8-12,15-16H2,1-2H3. The number of hydrogen-bond donors (Lipinski definition) is 1. The van der Waals surface area contributed by atoms with Crippen LogP contribution in [0.3, 0.4) is 0 Å². The van der Waals surface area contributed by atoms with Crippen LogP contribution in [0.4, 0.5) is 0 Å². The molecule has 0 atom stereocenters. The summed E-state index contributed by atoms with van der Waals surface area (Å²) in [4.78, 5) is 4.15. The highest BCUT2D eigenvalue weighted by molar-refractivity contribution is 7.89. The van der Waals surface area contributed by atoms with Crippen molar-refractivity contribution in [2.75, 3.05) is 26.2 Å². The third kappa shape index (κ3) is 5.80. The van der Waals surface area contributed by atoms with E-state index in [4.69, 9.17) is 4.74 Å². The zero-order chi connectivity index (χ0) is 20.0. The number of rotatable bonds is 9. The maximum Gasteiger partial charge on any atom is 0.240 e. The number of aryl methyl sites for hydroxylation is 1. The smallest absolute Gasteiger partial charge is 0.240 e. The predicted octanol–water partition coefficient (Wildman–Crippen LogP) is 4.04.